The van der Waals surface area contributed by atoms with Crippen LogP contribution in [0.15, 0.2) is 10.5 Å². The Hall–Kier alpha value is -0.900. The Balaban J connectivity index is 2.72. The molecule has 2 rings (SSSR count). The van der Waals surface area contributed by atoms with Crippen molar-refractivity contribution < 1.29 is 14.3 Å². The quantitative estimate of drug-likeness (QED) is 0.818. The van der Waals surface area contributed by atoms with Gasteiger partial charge in [0.25, 0.3) is 0 Å². The summed E-state index contributed by atoms with van der Waals surface area (Å²) in [5, 5.41) is 0. The average molecular weight is 301 g/mol. The van der Waals surface area contributed by atoms with Gasteiger partial charge in [-0.05, 0) is 24.0 Å². The van der Waals surface area contributed by atoms with Gasteiger partial charge in [0.1, 0.15) is 0 Å². The van der Waals surface area contributed by atoms with E-state index in [1.54, 1.807) is 0 Å². The second-order valence-corrected chi connectivity index (χ2v) is 5.69. The van der Waals surface area contributed by atoms with Crippen LogP contribution in [-0.2, 0) is 6.42 Å². The summed E-state index contributed by atoms with van der Waals surface area (Å²) in [5.74, 6) is 0.0760. The van der Waals surface area contributed by atoms with Crippen LogP contribution in [0.1, 0.15) is 48.2 Å². The van der Waals surface area contributed by atoms with Crippen LogP contribution < -0.4 is 4.94 Å². The first-order valence-electron chi connectivity index (χ1n) is 5.65. The van der Waals surface area contributed by atoms with Gasteiger partial charge >= 0.3 is 0 Å². The third-order valence-electron chi connectivity index (χ3n) is 3.26. The molecule has 1 atom stereocenters. The van der Waals surface area contributed by atoms with E-state index in [0.29, 0.717) is 12.0 Å². The van der Waals surface area contributed by atoms with Crippen LogP contribution in [0.4, 0.5) is 4.53 Å². The van der Waals surface area contributed by atoms with Crippen LogP contribution in [0.2, 0.25) is 0 Å². The minimum Gasteiger partial charge on any atom is -0.294 e. The summed E-state index contributed by atoms with van der Waals surface area (Å²) in [6, 6.07) is 1.85. The maximum Gasteiger partial charge on any atom is 0.186 e. The number of rotatable bonds is 2. The highest BCUT2D eigenvalue weighted by Gasteiger charge is 2.34. The summed E-state index contributed by atoms with van der Waals surface area (Å²) in [6.45, 7) is 5.74. The Labute approximate surface area is 108 Å². The van der Waals surface area contributed by atoms with Crippen LogP contribution >= 0.6 is 15.9 Å². The minimum absolute atomic E-state index is 0.0316. The Morgan fingerprint density at radius 1 is 1.53 bits per heavy atom. The molecule has 1 aromatic rings. The van der Waals surface area contributed by atoms with E-state index in [9.17, 15) is 9.32 Å². The van der Waals surface area contributed by atoms with Gasteiger partial charge in [-0.1, -0.05) is 36.7 Å². The standard InChI is InChI=1S/C13H14BrFO2/c1-6(2)8-5-10(14)9-4-7(3)12(16)11(9)13(8)17-15/h5-7H,4H2,1-3H3. The SMILES string of the molecule is CC1Cc2c(Br)cc(C(C)C)c(OF)c2C1=O. The van der Waals surface area contributed by atoms with Crippen molar-refractivity contribution in [1.82, 2.24) is 0 Å². The monoisotopic (exact) mass is 300 g/mol. The molecule has 4 heteroatoms. The number of fused-ring (bicyclic) bond motifs is 1. The van der Waals surface area contributed by atoms with Crippen LogP contribution in [0.25, 0.3) is 0 Å². The predicted molar refractivity (Wildman–Crippen MR) is 67.2 cm³/mol. The third-order valence-corrected chi connectivity index (χ3v) is 3.97. The molecule has 1 aliphatic rings. The van der Waals surface area contributed by atoms with E-state index >= 15 is 0 Å². The van der Waals surface area contributed by atoms with Crippen molar-refractivity contribution in [2.75, 3.05) is 0 Å². The zero-order valence-corrected chi connectivity index (χ0v) is 11.6. The van der Waals surface area contributed by atoms with Crippen molar-refractivity contribution in [3.8, 4) is 5.75 Å². The van der Waals surface area contributed by atoms with Crippen molar-refractivity contribution >= 4 is 21.7 Å². The molecule has 0 amide bonds. The summed E-state index contributed by atoms with van der Waals surface area (Å²) < 4.78 is 13.6. The minimum atomic E-state index is -0.0994. The fraction of sp³-hybridized carbons (Fsp3) is 0.462. The molecule has 0 aromatic heterocycles. The molecule has 0 spiro atoms. The number of hydrogen-bond donors (Lipinski definition) is 0. The molecular formula is C13H14BrFO2. The summed E-state index contributed by atoms with van der Waals surface area (Å²) in [6.07, 6.45) is 0.642. The van der Waals surface area contributed by atoms with E-state index in [0.717, 1.165) is 15.6 Å². The molecule has 2 nitrogen and oxygen atoms in total. The van der Waals surface area contributed by atoms with E-state index in [-0.39, 0.29) is 23.4 Å². The summed E-state index contributed by atoms with van der Waals surface area (Å²) >= 11 is 3.45. The van der Waals surface area contributed by atoms with Gasteiger partial charge in [0, 0.05) is 20.5 Å². The molecule has 0 radical (unpaired) electrons. The lowest BCUT2D eigenvalue weighted by Gasteiger charge is -2.13. The topological polar surface area (TPSA) is 26.3 Å². The Kier molecular flexibility index (Phi) is 3.25. The zero-order valence-electron chi connectivity index (χ0n) is 10.0. The second kappa shape index (κ2) is 4.41. The number of Topliss-reactive ketones (excluding diaryl/α,β-unsaturated/α-hetero) is 1. The molecule has 0 saturated carbocycles. The van der Waals surface area contributed by atoms with E-state index < -0.39 is 0 Å². The van der Waals surface area contributed by atoms with E-state index in [4.69, 9.17) is 0 Å². The lowest BCUT2D eigenvalue weighted by Crippen LogP contribution is -2.06. The van der Waals surface area contributed by atoms with Gasteiger partial charge in [-0.25, -0.2) is 0 Å². The first kappa shape index (κ1) is 12.6. The van der Waals surface area contributed by atoms with Gasteiger partial charge in [-0.2, -0.15) is 0 Å². The zero-order chi connectivity index (χ0) is 12.7. The first-order chi connectivity index (χ1) is 7.97. The molecule has 17 heavy (non-hydrogen) atoms. The van der Waals surface area contributed by atoms with Gasteiger partial charge in [0.05, 0.1) is 5.56 Å². The van der Waals surface area contributed by atoms with Crippen LogP contribution in [0.5, 0.6) is 5.75 Å². The first-order valence-corrected chi connectivity index (χ1v) is 6.44. The van der Waals surface area contributed by atoms with E-state index in [2.05, 4.69) is 20.9 Å². The van der Waals surface area contributed by atoms with Crippen molar-refractivity contribution in [2.24, 2.45) is 5.92 Å². The summed E-state index contributed by atoms with van der Waals surface area (Å²) in [7, 11) is 0. The Morgan fingerprint density at radius 2 is 2.18 bits per heavy atom. The Morgan fingerprint density at radius 3 is 2.71 bits per heavy atom. The second-order valence-electron chi connectivity index (χ2n) is 4.83. The van der Waals surface area contributed by atoms with Crippen molar-refractivity contribution in [3.63, 3.8) is 0 Å². The van der Waals surface area contributed by atoms with E-state index in [1.807, 2.05) is 26.8 Å². The highest BCUT2D eigenvalue weighted by Crippen LogP contribution is 2.43. The maximum absolute atomic E-state index is 12.8. The molecular weight excluding hydrogens is 287 g/mol. The van der Waals surface area contributed by atoms with Crippen molar-refractivity contribution in [3.05, 3.63) is 27.2 Å². The van der Waals surface area contributed by atoms with Gasteiger partial charge in [-0.15, -0.1) is 0 Å². The molecule has 92 valence electrons. The molecule has 1 aromatic carbocycles. The molecule has 1 unspecified atom stereocenters. The number of hydrogen-bond acceptors (Lipinski definition) is 2. The largest absolute Gasteiger partial charge is 0.294 e. The maximum atomic E-state index is 12.8. The molecule has 1 aliphatic carbocycles. The summed E-state index contributed by atoms with van der Waals surface area (Å²) in [4.78, 5) is 16.0. The van der Waals surface area contributed by atoms with Crippen LogP contribution in [0.3, 0.4) is 0 Å². The summed E-state index contributed by atoms with van der Waals surface area (Å²) in [5.41, 5.74) is 2.00. The highest BCUT2D eigenvalue weighted by atomic mass is 79.9. The van der Waals surface area contributed by atoms with Gasteiger partial charge in [0.2, 0.25) is 0 Å². The Bertz CT molecular complexity index is 483. The van der Waals surface area contributed by atoms with E-state index in [1.165, 1.54) is 0 Å². The normalized spacial score (nSPS) is 18.7. The molecule has 0 saturated heterocycles. The van der Waals surface area contributed by atoms with Crippen LogP contribution in [0, 0.1) is 5.92 Å². The number of carbonyl (C=O) groups excluding carboxylic acids is 1. The lowest BCUT2D eigenvalue weighted by atomic mass is 9.96. The average Bonchev–Trinajstić information content (AvgIpc) is 2.57. The van der Waals surface area contributed by atoms with Gasteiger partial charge in [0.15, 0.2) is 11.5 Å². The fourth-order valence-electron chi connectivity index (χ4n) is 2.31. The highest BCUT2D eigenvalue weighted by molar-refractivity contribution is 9.10. The molecule has 0 heterocycles. The van der Waals surface area contributed by atoms with Crippen molar-refractivity contribution in [2.45, 2.75) is 33.1 Å². The predicted octanol–water partition coefficient (Wildman–Crippen LogP) is 4.21. The van der Waals surface area contributed by atoms with Gasteiger partial charge < -0.3 is 0 Å². The number of carbonyl (C=O) groups is 1. The smallest absolute Gasteiger partial charge is 0.186 e. The third kappa shape index (κ3) is 1.88. The number of halogens is 2. The van der Waals surface area contributed by atoms with Gasteiger partial charge in [-0.3, -0.25) is 9.74 Å². The van der Waals surface area contributed by atoms with Crippen LogP contribution in [-0.4, -0.2) is 5.78 Å². The van der Waals surface area contributed by atoms with Crippen molar-refractivity contribution in [1.29, 1.82) is 0 Å². The molecule has 0 bridgehead atoms. The lowest BCUT2D eigenvalue weighted by molar-refractivity contribution is -0.00846. The number of ketones is 1. The molecule has 0 fully saturated rings. The molecule has 0 aliphatic heterocycles. The molecule has 0 N–H and O–H groups in total. The number of benzene rings is 1. The fourth-order valence-corrected chi connectivity index (χ4v) is 2.91.